The number of ether oxygens (including phenoxy) is 2. The zero-order valence-corrected chi connectivity index (χ0v) is 17.9. The maximum absolute atomic E-state index is 12.8. The van der Waals surface area contributed by atoms with Crippen molar-refractivity contribution in [2.45, 2.75) is 46.7 Å². The van der Waals surface area contributed by atoms with Crippen LogP contribution in [0.15, 0.2) is 11.1 Å². The van der Waals surface area contributed by atoms with E-state index in [0.29, 0.717) is 21.7 Å². The van der Waals surface area contributed by atoms with Crippen LogP contribution in [0.2, 0.25) is 0 Å². The Hall–Kier alpha value is -2.75. The number of rotatable bonds is 8. The number of hydrogen-bond acceptors (Lipinski definition) is 8. The van der Waals surface area contributed by atoms with Gasteiger partial charge in [0.1, 0.15) is 22.3 Å². The summed E-state index contributed by atoms with van der Waals surface area (Å²) in [5.74, 6) is -1.40. The molecule has 2 heterocycles. The molecule has 0 aliphatic carbocycles. The highest BCUT2D eigenvalue weighted by atomic mass is 32.1. The fourth-order valence-corrected chi connectivity index (χ4v) is 3.92. The van der Waals surface area contributed by atoms with Gasteiger partial charge in [0.2, 0.25) is 5.91 Å². The fraction of sp³-hybridized carbons (Fsp3) is 0.526. The van der Waals surface area contributed by atoms with Gasteiger partial charge in [0, 0.05) is 0 Å². The number of carbonyl (C=O) groups is 3. The first kappa shape index (κ1) is 22.5. The number of methoxy groups -OCH3 is 1. The number of carbonyl (C=O) groups excluding carboxylic acids is 3. The average molecular weight is 423 g/mol. The maximum atomic E-state index is 12.8. The number of nitrogens with zero attached hydrogens (tertiary/aromatic N) is 2. The first-order valence-electron chi connectivity index (χ1n) is 9.22. The molecule has 9 nitrogen and oxygen atoms in total. The molecule has 29 heavy (non-hydrogen) atoms. The number of aryl methyl sites for hydroxylation is 1. The van der Waals surface area contributed by atoms with Crippen LogP contribution in [-0.4, -0.2) is 47.2 Å². The standard InChI is InChI=1S/C19H25N3O6S/c1-6-28-19(26)15-11(4)14-16(29-15)20-9-22(17(14)24)8-13(23)21-12(7-10(2)3)18(25)27-5/h9-10,12H,6-8H2,1-5H3,(H,21,23)/t12-/m1/s1. The minimum Gasteiger partial charge on any atom is -0.467 e. The van der Waals surface area contributed by atoms with Gasteiger partial charge in [-0.2, -0.15) is 0 Å². The molecule has 0 aliphatic heterocycles. The number of aromatic nitrogens is 2. The third-order valence-electron chi connectivity index (χ3n) is 4.22. The summed E-state index contributed by atoms with van der Waals surface area (Å²) in [6.07, 6.45) is 1.67. The van der Waals surface area contributed by atoms with Crippen molar-refractivity contribution in [1.82, 2.24) is 14.9 Å². The summed E-state index contributed by atoms with van der Waals surface area (Å²) in [6, 6.07) is -0.793. The highest BCUT2D eigenvalue weighted by Crippen LogP contribution is 2.27. The number of hydrogen-bond donors (Lipinski definition) is 1. The van der Waals surface area contributed by atoms with Crippen molar-refractivity contribution < 1.29 is 23.9 Å². The molecule has 1 atom stereocenters. The van der Waals surface area contributed by atoms with Gasteiger partial charge in [0.25, 0.3) is 5.56 Å². The molecule has 0 spiro atoms. The molecule has 2 aromatic rings. The molecular formula is C19H25N3O6S. The van der Waals surface area contributed by atoms with E-state index in [1.807, 2.05) is 13.8 Å². The maximum Gasteiger partial charge on any atom is 0.348 e. The Balaban J connectivity index is 2.27. The predicted molar refractivity (Wildman–Crippen MR) is 108 cm³/mol. The monoisotopic (exact) mass is 423 g/mol. The Kier molecular flexibility index (Phi) is 7.49. The van der Waals surface area contributed by atoms with Crippen molar-refractivity contribution in [3.63, 3.8) is 0 Å². The molecular weight excluding hydrogens is 398 g/mol. The van der Waals surface area contributed by atoms with Crippen LogP contribution in [-0.2, 0) is 25.6 Å². The van der Waals surface area contributed by atoms with Crippen molar-refractivity contribution >= 4 is 39.4 Å². The Morgan fingerprint density at radius 3 is 2.59 bits per heavy atom. The van der Waals surface area contributed by atoms with Crippen LogP contribution in [0.4, 0.5) is 0 Å². The van der Waals surface area contributed by atoms with E-state index in [1.165, 1.54) is 13.4 Å². The van der Waals surface area contributed by atoms with Crippen molar-refractivity contribution in [1.29, 1.82) is 0 Å². The highest BCUT2D eigenvalue weighted by molar-refractivity contribution is 7.20. The molecule has 0 radical (unpaired) electrons. The molecule has 10 heteroatoms. The lowest BCUT2D eigenvalue weighted by molar-refractivity contribution is -0.145. The fourth-order valence-electron chi connectivity index (χ4n) is 2.89. The van der Waals surface area contributed by atoms with Gasteiger partial charge in [-0.1, -0.05) is 13.8 Å². The first-order valence-corrected chi connectivity index (χ1v) is 10.0. The van der Waals surface area contributed by atoms with Crippen molar-refractivity contribution in [3.8, 4) is 0 Å². The van der Waals surface area contributed by atoms with Gasteiger partial charge in [-0.05, 0) is 31.7 Å². The number of esters is 2. The SMILES string of the molecule is CCOC(=O)c1sc2ncn(CC(=O)N[C@H](CC(C)C)C(=O)OC)c(=O)c2c1C. The van der Waals surface area contributed by atoms with Gasteiger partial charge >= 0.3 is 11.9 Å². The van der Waals surface area contributed by atoms with E-state index >= 15 is 0 Å². The van der Waals surface area contributed by atoms with Gasteiger partial charge in [-0.15, -0.1) is 11.3 Å². The van der Waals surface area contributed by atoms with E-state index in [1.54, 1.807) is 13.8 Å². The topological polar surface area (TPSA) is 117 Å². The zero-order chi connectivity index (χ0) is 21.7. The number of thiophene rings is 1. The Labute approximate surface area is 172 Å². The molecule has 2 rings (SSSR count). The second-order valence-corrected chi connectivity index (χ2v) is 7.91. The number of nitrogens with one attached hydrogen (secondary N) is 1. The van der Waals surface area contributed by atoms with Crippen LogP contribution in [0, 0.1) is 12.8 Å². The van der Waals surface area contributed by atoms with Crippen LogP contribution in [0.5, 0.6) is 0 Å². The molecule has 0 bridgehead atoms. The van der Waals surface area contributed by atoms with E-state index in [9.17, 15) is 19.2 Å². The van der Waals surface area contributed by atoms with Crippen molar-refractivity contribution in [2.24, 2.45) is 5.92 Å². The molecule has 0 fully saturated rings. The Morgan fingerprint density at radius 2 is 2.00 bits per heavy atom. The quantitative estimate of drug-likeness (QED) is 0.642. The van der Waals surface area contributed by atoms with E-state index in [-0.39, 0.29) is 24.5 Å². The number of amides is 1. The lowest BCUT2D eigenvalue weighted by Gasteiger charge is -2.18. The molecule has 1 N–H and O–H groups in total. The van der Waals surface area contributed by atoms with Gasteiger partial charge in [0.15, 0.2) is 0 Å². The van der Waals surface area contributed by atoms with Gasteiger partial charge in [-0.25, -0.2) is 14.6 Å². The Bertz CT molecular complexity index is 978. The van der Waals surface area contributed by atoms with E-state index in [2.05, 4.69) is 10.3 Å². The third kappa shape index (κ3) is 5.20. The molecule has 158 valence electrons. The Morgan fingerprint density at radius 1 is 1.31 bits per heavy atom. The summed E-state index contributed by atoms with van der Waals surface area (Å²) < 4.78 is 10.9. The molecule has 0 unspecified atom stereocenters. The minimum absolute atomic E-state index is 0.162. The minimum atomic E-state index is -0.793. The van der Waals surface area contributed by atoms with Crippen LogP contribution >= 0.6 is 11.3 Å². The van der Waals surface area contributed by atoms with E-state index < -0.39 is 29.4 Å². The molecule has 0 aliphatic rings. The van der Waals surface area contributed by atoms with Crippen molar-refractivity contribution in [2.75, 3.05) is 13.7 Å². The van der Waals surface area contributed by atoms with Gasteiger partial charge < -0.3 is 14.8 Å². The summed E-state index contributed by atoms with van der Waals surface area (Å²) >= 11 is 1.08. The summed E-state index contributed by atoms with van der Waals surface area (Å²) in [6.45, 7) is 7.11. The predicted octanol–water partition coefficient (Wildman–Crippen LogP) is 1.65. The zero-order valence-electron chi connectivity index (χ0n) is 17.1. The molecule has 0 aromatic carbocycles. The van der Waals surface area contributed by atoms with Crippen molar-refractivity contribution in [3.05, 3.63) is 27.1 Å². The third-order valence-corrected chi connectivity index (χ3v) is 5.40. The summed E-state index contributed by atoms with van der Waals surface area (Å²) in [7, 11) is 1.25. The van der Waals surface area contributed by atoms with Crippen LogP contribution in [0.3, 0.4) is 0 Å². The van der Waals surface area contributed by atoms with Gasteiger partial charge in [0.05, 0.1) is 25.4 Å². The van der Waals surface area contributed by atoms with Crippen LogP contribution in [0.1, 0.15) is 42.4 Å². The van der Waals surface area contributed by atoms with E-state index in [4.69, 9.17) is 9.47 Å². The van der Waals surface area contributed by atoms with Crippen LogP contribution < -0.4 is 10.9 Å². The van der Waals surface area contributed by atoms with Gasteiger partial charge in [-0.3, -0.25) is 14.2 Å². The summed E-state index contributed by atoms with van der Waals surface area (Å²) in [4.78, 5) is 54.1. The summed E-state index contributed by atoms with van der Waals surface area (Å²) in [5, 5.41) is 2.88. The first-order chi connectivity index (χ1) is 13.7. The van der Waals surface area contributed by atoms with Crippen LogP contribution in [0.25, 0.3) is 10.2 Å². The largest absolute Gasteiger partial charge is 0.467 e. The smallest absolute Gasteiger partial charge is 0.348 e. The molecule has 2 aromatic heterocycles. The summed E-state index contributed by atoms with van der Waals surface area (Å²) in [5.41, 5.74) is 0.0379. The lowest BCUT2D eigenvalue weighted by Crippen LogP contribution is -2.44. The lowest BCUT2D eigenvalue weighted by atomic mass is 10.0. The van der Waals surface area contributed by atoms with E-state index in [0.717, 1.165) is 15.9 Å². The second kappa shape index (κ2) is 9.64. The molecule has 1 amide bonds. The normalized spacial score (nSPS) is 12.1. The number of fused-ring (bicyclic) bond motifs is 1. The molecule has 0 saturated heterocycles. The second-order valence-electron chi connectivity index (χ2n) is 6.91. The highest BCUT2D eigenvalue weighted by Gasteiger charge is 2.24. The molecule has 0 saturated carbocycles. The average Bonchev–Trinajstić information content (AvgIpc) is 3.00.